The summed E-state index contributed by atoms with van der Waals surface area (Å²) in [4.78, 5) is 15.1. The Hall–Kier alpha value is -2.86. The maximum absolute atomic E-state index is 10.9. The van der Waals surface area contributed by atoms with E-state index in [0.717, 1.165) is 22.9 Å². The molecule has 3 rings (SSSR count). The van der Waals surface area contributed by atoms with E-state index in [0.29, 0.717) is 11.6 Å². The van der Waals surface area contributed by atoms with Crippen LogP contribution in [0.25, 0.3) is 10.9 Å². The number of hydroxylamine groups is 2. The van der Waals surface area contributed by atoms with Gasteiger partial charge in [-0.25, -0.2) is 9.86 Å². The molecule has 2 heterocycles. The molecule has 0 aliphatic carbocycles. The molecule has 23 heavy (non-hydrogen) atoms. The lowest BCUT2D eigenvalue weighted by Gasteiger charge is -2.12. The normalized spacial score (nSPS) is 10.8. The Bertz CT molecular complexity index is 814. The summed E-state index contributed by atoms with van der Waals surface area (Å²) in [5.41, 5.74) is 8.41. The number of rotatable bonds is 5. The topological polar surface area (TPSA) is 84.4 Å². The van der Waals surface area contributed by atoms with Crippen molar-refractivity contribution < 1.29 is 10.0 Å². The van der Waals surface area contributed by atoms with Crippen LogP contribution >= 0.6 is 0 Å². The van der Waals surface area contributed by atoms with Crippen LogP contribution in [0, 0.1) is 0 Å². The first-order chi connectivity index (χ1) is 11.1. The van der Waals surface area contributed by atoms with Crippen LogP contribution in [-0.2, 0) is 13.0 Å². The summed E-state index contributed by atoms with van der Waals surface area (Å²) in [6, 6.07) is 11.2. The molecule has 0 saturated carbocycles. The number of nitrogens with two attached hydrogens (primary N) is 1. The van der Waals surface area contributed by atoms with Crippen molar-refractivity contribution in [2.75, 3.05) is 6.54 Å². The summed E-state index contributed by atoms with van der Waals surface area (Å²) in [6.45, 7) is 0.604. The summed E-state index contributed by atoms with van der Waals surface area (Å²) in [7, 11) is 0. The van der Waals surface area contributed by atoms with E-state index < -0.39 is 6.03 Å². The van der Waals surface area contributed by atoms with Crippen LogP contribution in [0.2, 0.25) is 0 Å². The van der Waals surface area contributed by atoms with E-state index in [1.54, 1.807) is 6.20 Å². The molecule has 0 unspecified atom stereocenters. The summed E-state index contributed by atoms with van der Waals surface area (Å²) < 4.78 is 2.02. The number of para-hydroxylation sites is 1. The van der Waals surface area contributed by atoms with Gasteiger partial charge in [0, 0.05) is 42.5 Å². The number of hydrogen-bond acceptors (Lipinski definition) is 3. The van der Waals surface area contributed by atoms with E-state index in [4.69, 9.17) is 5.73 Å². The molecule has 118 valence electrons. The third-order valence-corrected chi connectivity index (χ3v) is 3.80. The highest BCUT2D eigenvalue weighted by molar-refractivity contribution is 5.84. The average molecular weight is 310 g/mol. The highest BCUT2D eigenvalue weighted by Crippen LogP contribution is 2.23. The number of amides is 2. The predicted molar refractivity (Wildman–Crippen MR) is 87.1 cm³/mol. The molecule has 0 fully saturated rings. The third kappa shape index (κ3) is 3.32. The first-order valence-electron chi connectivity index (χ1n) is 7.36. The van der Waals surface area contributed by atoms with Gasteiger partial charge in [-0.2, -0.15) is 0 Å². The van der Waals surface area contributed by atoms with Gasteiger partial charge in [-0.1, -0.05) is 24.3 Å². The lowest BCUT2D eigenvalue weighted by Crippen LogP contribution is -2.34. The lowest BCUT2D eigenvalue weighted by molar-refractivity contribution is -0.0413. The highest BCUT2D eigenvalue weighted by Gasteiger charge is 2.11. The van der Waals surface area contributed by atoms with Crippen molar-refractivity contribution in [2.24, 2.45) is 5.73 Å². The van der Waals surface area contributed by atoms with E-state index in [1.165, 1.54) is 5.56 Å². The molecule has 0 aliphatic rings. The van der Waals surface area contributed by atoms with Crippen LogP contribution in [0.3, 0.4) is 0 Å². The SMILES string of the molecule is NC(=O)N(O)CCn1cc(Cc2cccnc2)c2ccccc21. The molecule has 0 bridgehead atoms. The van der Waals surface area contributed by atoms with Gasteiger partial charge in [0.15, 0.2) is 0 Å². The minimum atomic E-state index is -0.850. The summed E-state index contributed by atoms with van der Waals surface area (Å²) >= 11 is 0. The Morgan fingerprint density at radius 2 is 2.09 bits per heavy atom. The Labute approximate surface area is 133 Å². The molecule has 0 aliphatic heterocycles. The summed E-state index contributed by atoms with van der Waals surface area (Å²) in [5.74, 6) is 0. The molecule has 1 aromatic carbocycles. The van der Waals surface area contributed by atoms with E-state index >= 15 is 0 Å². The Kier molecular flexibility index (Phi) is 4.25. The fraction of sp³-hybridized carbons (Fsp3) is 0.176. The number of aromatic nitrogens is 2. The van der Waals surface area contributed by atoms with E-state index in [-0.39, 0.29) is 6.54 Å². The predicted octanol–water partition coefficient (Wildman–Crippen LogP) is 2.40. The van der Waals surface area contributed by atoms with Crippen molar-refractivity contribution in [3.05, 3.63) is 66.1 Å². The second-order valence-electron chi connectivity index (χ2n) is 5.36. The number of urea groups is 1. The number of nitrogens with zero attached hydrogens (tertiary/aromatic N) is 3. The second kappa shape index (κ2) is 6.50. The lowest BCUT2D eigenvalue weighted by atomic mass is 10.1. The van der Waals surface area contributed by atoms with Crippen LogP contribution in [0.15, 0.2) is 55.0 Å². The highest BCUT2D eigenvalue weighted by atomic mass is 16.5. The third-order valence-electron chi connectivity index (χ3n) is 3.80. The number of benzene rings is 1. The van der Waals surface area contributed by atoms with Gasteiger partial charge in [0.25, 0.3) is 0 Å². The number of hydrogen-bond donors (Lipinski definition) is 2. The van der Waals surface area contributed by atoms with Gasteiger partial charge in [0.05, 0.1) is 6.54 Å². The molecule has 0 radical (unpaired) electrons. The monoisotopic (exact) mass is 310 g/mol. The van der Waals surface area contributed by atoms with Gasteiger partial charge in [0.2, 0.25) is 0 Å². The fourth-order valence-electron chi connectivity index (χ4n) is 2.68. The van der Waals surface area contributed by atoms with Crippen molar-refractivity contribution in [1.29, 1.82) is 0 Å². The number of fused-ring (bicyclic) bond motifs is 1. The molecule has 6 heteroatoms. The van der Waals surface area contributed by atoms with Gasteiger partial charge in [-0.15, -0.1) is 0 Å². The molecule has 2 aromatic heterocycles. The summed E-state index contributed by atoms with van der Waals surface area (Å²) in [5, 5.41) is 11.1. The molecule has 0 saturated heterocycles. The molecule has 0 atom stereocenters. The molecule has 2 amide bonds. The van der Waals surface area contributed by atoms with Gasteiger partial charge in [-0.3, -0.25) is 10.2 Å². The van der Waals surface area contributed by atoms with Crippen LogP contribution in [-0.4, -0.2) is 32.4 Å². The van der Waals surface area contributed by atoms with Crippen LogP contribution in [0.1, 0.15) is 11.1 Å². The molecule has 3 N–H and O–H groups in total. The minimum Gasteiger partial charge on any atom is -0.350 e. The average Bonchev–Trinajstić information content (AvgIpc) is 2.91. The summed E-state index contributed by atoms with van der Waals surface area (Å²) in [6.07, 6.45) is 6.44. The zero-order valence-corrected chi connectivity index (χ0v) is 12.6. The number of primary amides is 1. The second-order valence-corrected chi connectivity index (χ2v) is 5.36. The van der Waals surface area contributed by atoms with Gasteiger partial charge >= 0.3 is 6.03 Å². The fourth-order valence-corrected chi connectivity index (χ4v) is 2.68. The van der Waals surface area contributed by atoms with Gasteiger partial charge in [-0.05, 0) is 23.3 Å². The Morgan fingerprint density at radius 3 is 2.83 bits per heavy atom. The number of carbonyl (C=O) groups excluding carboxylic acids is 1. The van der Waals surface area contributed by atoms with Crippen LogP contribution < -0.4 is 5.73 Å². The van der Waals surface area contributed by atoms with Crippen molar-refractivity contribution in [3.8, 4) is 0 Å². The molecular formula is C17H18N4O2. The first-order valence-corrected chi connectivity index (χ1v) is 7.36. The van der Waals surface area contributed by atoms with E-state index in [1.807, 2.05) is 47.3 Å². The van der Waals surface area contributed by atoms with Crippen molar-refractivity contribution in [2.45, 2.75) is 13.0 Å². The number of pyridine rings is 1. The Morgan fingerprint density at radius 1 is 1.26 bits per heavy atom. The molecular weight excluding hydrogens is 292 g/mol. The van der Waals surface area contributed by atoms with Crippen molar-refractivity contribution >= 4 is 16.9 Å². The maximum Gasteiger partial charge on any atom is 0.338 e. The van der Waals surface area contributed by atoms with Crippen LogP contribution in [0.4, 0.5) is 4.79 Å². The molecule has 3 aromatic rings. The maximum atomic E-state index is 10.9. The zero-order valence-electron chi connectivity index (χ0n) is 12.6. The van der Waals surface area contributed by atoms with Crippen molar-refractivity contribution in [1.82, 2.24) is 14.6 Å². The van der Waals surface area contributed by atoms with Crippen molar-refractivity contribution in [3.63, 3.8) is 0 Å². The van der Waals surface area contributed by atoms with Crippen LogP contribution in [0.5, 0.6) is 0 Å². The van der Waals surface area contributed by atoms with Gasteiger partial charge in [0.1, 0.15) is 0 Å². The zero-order chi connectivity index (χ0) is 16.2. The first kappa shape index (κ1) is 15.1. The van der Waals surface area contributed by atoms with E-state index in [9.17, 15) is 10.0 Å². The smallest absolute Gasteiger partial charge is 0.338 e. The van der Waals surface area contributed by atoms with Gasteiger partial charge < -0.3 is 10.3 Å². The Balaban J connectivity index is 1.89. The number of carbonyl (C=O) groups is 1. The quantitative estimate of drug-likeness (QED) is 0.560. The largest absolute Gasteiger partial charge is 0.350 e. The molecule has 6 nitrogen and oxygen atoms in total. The molecule has 0 spiro atoms. The van der Waals surface area contributed by atoms with E-state index in [2.05, 4.69) is 11.1 Å². The minimum absolute atomic E-state index is 0.139. The standard InChI is InChI=1S/C17H18N4O2/c18-17(22)21(23)9-8-20-12-14(10-13-4-3-7-19-11-13)15-5-1-2-6-16(15)20/h1-7,11-12,23H,8-10H2,(H2,18,22).